The van der Waals surface area contributed by atoms with Crippen LogP contribution in [0.1, 0.15) is 18.4 Å². The van der Waals surface area contributed by atoms with Crippen molar-refractivity contribution < 1.29 is 4.74 Å². The van der Waals surface area contributed by atoms with Gasteiger partial charge in [0.1, 0.15) is 5.75 Å². The zero-order chi connectivity index (χ0) is 11.5. The predicted octanol–water partition coefficient (Wildman–Crippen LogP) is 3.41. The lowest BCUT2D eigenvalue weighted by Gasteiger charge is -2.15. The molecule has 2 rings (SSSR count). The molecule has 1 unspecified atom stereocenters. The fourth-order valence-corrected chi connectivity index (χ4v) is 3.14. The molecule has 1 aromatic rings. The minimum atomic E-state index is 0.555. The highest BCUT2D eigenvalue weighted by atomic mass is 79.9. The van der Waals surface area contributed by atoms with Gasteiger partial charge in [-0.25, -0.2) is 0 Å². The third-order valence-electron chi connectivity index (χ3n) is 2.92. The summed E-state index contributed by atoms with van der Waals surface area (Å²) in [5.41, 5.74) is 1.17. The van der Waals surface area contributed by atoms with E-state index in [-0.39, 0.29) is 0 Å². The molecule has 2 nitrogen and oxygen atoms in total. The second-order valence-corrected chi connectivity index (χ2v) is 5.40. The number of ether oxygens (including phenoxy) is 1. The van der Waals surface area contributed by atoms with E-state index in [2.05, 4.69) is 27.3 Å². The Morgan fingerprint density at radius 3 is 3.00 bits per heavy atom. The van der Waals surface area contributed by atoms with Crippen molar-refractivity contribution in [2.24, 2.45) is 0 Å². The van der Waals surface area contributed by atoms with Gasteiger partial charge in [0.2, 0.25) is 0 Å². The van der Waals surface area contributed by atoms with Gasteiger partial charge in [0.25, 0.3) is 0 Å². The molecule has 1 atom stereocenters. The maximum Gasteiger partial charge on any atom is 0.140 e. The fraction of sp³-hybridized carbons (Fsp3) is 0.500. The van der Waals surface area contributed by atoms with Crippen LogP contribution in [-0.2, 0) is 6.42 Å². The normalized spacial score (nSPS) is 20.1. The Bertz CT molecular complexity index is 378. The van der Waals surface area contributed by atoms with Gasteiger partial charge in [0.15, 0.2) is 0 Å². The smallest absolute Gasteiger partial charge is 0.140 e. The van der Waals surface area contributed by atoms with E-state index in [1.165, 1.54) is 18.4 Å². The summed E-state index contributed by atoms with van der Waals surface area (Å²) in [4.78, 5) is 0. The maximum absolute atomic E-state index is 6.14. The molecule has 1 aliphatic heterocycles. The number of nitrogens with one attached hydrogen (secondary N) is 1. The van der Waals surface area contributed by atoms with Crippen molar-refractivity contribution in [1.29, 1.82) is 0 Å². The van der Waals surface area contributed by atoms with Gasteiger partial charge in [0, 0.05) is 10.5 Å². The van der Waals surface area contributed by atoms with Crippen LogP contribution in [0.4, 0.5) is 0 Å². The van der Waals surface area contributed by atoms with Gasteiger partial charge in [-0.05, 0) is 43.5 Å². The summed E-state index contributed by atoms with van der Waals surface area (Å²) >= 11 is 9.61. The van der Waals surface area contributed by atoms with Crippen LogP contribution in [0.25, 0.3) is 0 Å². The lowest BCUT2D eigenvalue weighted by atomic mass is 10.0. The monoisotopic (exact) mass is 303 g/mol. The van der Waals surface area contributed by atoms with Gasteiger partial charge in [-0.2, -0.15) is 0 Å². The molecule has 1 aliphatic rings. The van der Waals surface area contributed by atoms with Crippen LogP contribution in [0.5, 0.6) is 5.75 Å². The Hall–Kier alpha value is -0.250. The molecule has 16 heavy (non-hydrogen) atoms. The molecule has 0 aliphatic carbocycles. The molecule has 0 bridgehead atoms. The summed E-state index contributed by atoms with van der Waals surface area (Å²) < 4.78 is 6.37. The molecule has 1 N–H and O–H groups in total. The Balaban J connectivity index is 2.23. The molecule has 0 saturated carbocycles. The van der Waals surface area contributed by atoms with Crippen LogP contribution in [0.2, 0.25) is 5.02 Å². The van der Waals surface area contributed by atoms with Crippen molar-refractivity contribution in [3.63, 3.8) is 0 Å². The first kappa shape index (κ1) is 12.2. The second-order valence-electron chi connectivity index (χ2n) is 4.08. The third kappa shape index (κ3) is 2.70. The van der Waals surface area contributed by atoms with Crippen molar-refractivity contribution in [2.75, 3.05) is 13.7 Å². The topological polar surface area (TPSA) is 21.3 Å². The van der Waals surface area contributed by atoms with E-state index in [1.54, 1.807) is 7.11 Å². The summed E-state index contributed by atoms with van der Waals surface area (Å²) in [6.07, 6.45) is 3.46. The molecule has 1 saturated heterocycles. The standard InChI is InChI=1S/C12H15BrClNO/c1-16-12-8(5-9(13)7-11(12)14)6-10-3-2-4-15-10/h5,7,10,15H,2-4,6H2,1H3. The Morgan fingerprint density at radius 1 is 1.56 bits per heavy atom. The second kappa shape index (κ2) is 5.39. The van der Waals surface area contributed by atoms with Gasteiger partial charge < -0.3 is 10.1 Å². The van der Waals surface area contributed by atoms with E-state index in [9.17, 15) is 0 Å². The van der Waals surface area contributed by atoms with Crippen LogP contribution in [-0.4, -0.2) is 19.7 Å². The lowest BCUT2D eigenvalue weighted by molar-refractivity contribution is 0.407. The van der Waals surface area contributed by atoms with Crippen molar-refractivity contribution in [2.45, 2.75) is 25.3 Å². The number of halogens is 2. The first-order chi connectivity index (χ1) is 7.70. The average Bonchev–Trinajstić information content (AvgIpc) is 2.70. The number of benzene rings is 1. The van der Waals surface area contributed by atoms with E-state index in [0.29, 0.717) is 11.1 Å². The minimum Gasteiger partial charge on any atom is -0.495 e. The SMILES string of the molecule is COc1c(Cl)cc(Br)cc1CC1CCCN1. The highest BCUT2D eigenvalue weighted by Crippen LogP contribution is 2.33. The molecule has 88 valence electrons. The Labute approximate surface area is 109 Å². The predicted molar refractivity (Wildman–Crippen MR) is 70.4 cm³/mol. The van der Waals surface area contributed by atoms with Gasteiger partial charge in [-0.1, -0.05) is 27.5 Å². The van der Waals surface area contributed by atoms with Crippen LogP contribution in [0.3, 0.4) is 0 Å². The zero-order valence-electron chi connectivity index (χ0n) is 9.22. The highest BCUT2D eigenvalue weighted by Gasteiger charge is 2.18. The van der Waals surface area contributed by atoms with E-state index in [0.717, 1.165) is 23.2 Å². The van der Waals surface area contributed by atoms with Gasteiger partial charge in [-0.15, -0.1) is 0 Å². The summed E-state index contributed by atoms with van der Waals surface area (Å²) in [5.74, 6) is 0.804. The summed E-state index contributed by atoms with van der Waals surface area (Å²) in [6, 6.07) is 4.51. The molecule has 1 fully saturated rings. The fourth-order valence-electron chi connectivity index (χ4n) is 2.19. The molecule has 1 aromatic carbocycles. The zero-order valence-corrected chi connectivity index (χ0v) is 11.6. The van der Waals surface area contributed by atoms with Crippen molar-refractivity contribution in [3.8, 4) is 5.75 Å². The van der Waals surface area contributed by atoms with Crippen LogP contribution in [0.15, 0.2) is 16.6 Å². The van der Waals surface area contributed by atoms with E-state index in [4.69, 9.17) is 16.3 Å². The van der Waals surface area contributed by atoms with Crippen molar-refractivity contribution in [1.82, 2.24) is 5.32 Å². The van der Waals surface area contributed by atoms with Crippen molar-refractivity contribution >= 4 is 27.5 Å². The molecule has 0 aromatic heterocycles. The van der Waals surface area contributed by atoms with E-state index >= 15 is 0 Å². The van der Waals surface area contributed by atoms with Crippen molar-refractivity contribution in [3.05, 3.63) is 27.2 Å². The first-order valence-corrected chi connectivity index (χ1v) is 6.63. The van der Waals surface area contributed by atoms with E-state index < -0.39 is 0 Å². The molecule has 0 spiro atoms. The molecular formula is C12H15BrClNO. The quantitative estimate of drug-likeness (QED) is 0.924. The maximum atomic E-state index is 6.14. The number of hydrogen-bond acceptors (Lipinski definition) is 2. The molecule has 0 amide bonds. The minimum absolute atomic E-state index is 0.555. The summed E-state index contributed by atoms with van der Waals surface area (Å²) in [7, 11) is 1.67. The number of hydrogen-bond donors (Lipinski definition) is 1. The van der Waals surface area contributed by atoms with E-state index in [1.807, 2.05) is 6.07 Å². The highest BCUT2D eigenvalue weighted by molar-refractivity contribution is 9.10. The van der Waals surface area contributed by atoms with Crippen LogP contribution >= 0.6 is 27.5 Å². The Morgan fingerprint density at radius 2 is 2.38 bits per heavy atom. The molecule has 0 radical (unpaired) electrons. The van der Waals surface area contributed by atoms with Gasteiger partial charge in [-0.3, -0.25) is 0 Å². The summed E-state index contributed by atoms with van der Waals surface area (Å²) in [6.45, 7) is 1.12. The largest absolute Gasteiger partial charge is 0.495 e. The first-order valence-electron chi connectivity index (χ1n) is 5.46. The lowest BCUT2D eigenvalue weighted by Crippen LogP contribution is -2.23. The van der Waals surface area contributed by atoms with Gasteiger partial charge >= 0.3 is 0 Å². The summed E-state index contributed by atoms with van der Waals surface area (Å²) in [5, 5.41) is 4.15. The average molecular weight is 305 g/mol. The number of methoxy groups -OCH3 is 1. The number of rotatable bonds is 3. The van der Waals surface area contributed by atoms with Crippen LogP contribution < -0.4 is 10.1 Å². The van der Waals surface area contributed by atoms with Crippen LogP contribution in [0, 0.1) is 0 Å². The molecular weight excluding hydrogens is 289 g/mol. The molecule has 4 heteroatoms. The van der Waals surface area contributed by atoms with Gasteiger partial charge in [0.05, 0.1) is 12.1 Å². The Kier molecular flexibility index (Phi) is 4.11. The third-order valence-corrected chi connectivity index (χ3v) is 3.66. The molecule has 1 heterocycles.